The summed E-state index contributed by atoms with van der Waals surface area (Å²) in [7, 11) is 0. The van der Waals surface area contributed by atoms with E-state index in [1.54, 1.807) is 24.4 Å². The monoisotopic (exact) mass is 482 g/mol. The number of carbonyl (C=O) groups is 2. The molecule has 2 aromatic carbocycles. The maximum Gasteiger partial charge on any atom is 0.319 e. The Kier molecular flexibility index (Phi) is 4.80. The molecule has 3 unspecified atom stereocenters. The molecule has 8 nitrogen and oxygen atoms in total. The summed E-state index contributed by atoms with van der Waals surface area (Å²) in [6.45, 7) is 0. The van der Waals surface area contributed by atoms with Crippen LogP contribution in [0.25, 0.3) is 0 Å². The Morgan fingerprint density at radius 3 is 2.71 bits per heavy atom. The summed E-state index contributed by atoms with van der Waals surface area (Å²) >= 11 is 0. The Morgan fingerprint density at radius 2 is 1.91 bits per heavy atom. The van der Waals surface area contributed by atoms with Gasteiger partial charge in [-0.2, -0.15) is 0 Å². The highest BCUT2D eigenvalue weighted by molar-refractivity contribution is 5.93. The fourth-order valence-corrected chi connectivity index (χ4v) is 4.52. The quantitative estimate of drug-likeness (QED) is 0.517. The van der Waals surface area contributed by atoms with Gasteiger partial charge in [0.05, 0.1) is 12.0 Å². The number of halogens is 3. The van der Waals surface area contributed by atoms with Crippen molar-refractivity contribution in [2.75, 3.05) is 10.6 Å². The van der Waals surface area contributed by atoms with Crippen molar-refractivity contribution in [2.45, 2.75) is 30.9 Å². The van der Waals surface area contributed by atoms with E-state index < -0.39 is 35.2 Å². The molecule has 3 N–H and O–H groups in total. The van der Waals surface area contributed by atoms with Crippen LogP contribution in [0.2, 0.25) is 0 Å². The van der Waals surface area contributed by atoms with Gasteiger partial charge in [-0.1, -0.05) is 0 Å². The number of nitrogens with zero attached hydrogens (tertiary/aromatic N) is 1. The molecule has 0 radical (unpaired) electrons. The molecule has 178 valence electrons. The first kappa shape index (κ1) is 21.3. The third-order valence-corrected chi connectivity index (χ3v) is 6.20. The summed E-state index contributed by atoms with van der Waals surface area (Å²) < 4.78 is 52.6. The molecule has 3 aromatic rings. The average Bonchev–Trinajstić information content (AvgIpc) is 3.32. The fraction of sp³-hybridized carbons (Fsp3) is 0.208. The second kappa shape index (κ2) is 7.90. The molecule has 3 atom stereocenters. The third-order valence-electron chi connectivity index (χ3n) is 6.20. The predicted octanol–water partition coefficient (Wildman–Crippen LogP) is 4.22. The topological polar surface area (TPSA) is 102 Å². The number of hydrogen-bond donors (Lipinski definition) is 3. The Bertz CT molecular complexity index is 1380. The van der Waals surface area contributed by atoms with Gasteiger partial charge in [-0.15, -0.1) is 0 Å². The molecule has 3 amide bonds. The van der Waals surface area contributed by atoms with Gasteiger partial charge >= 0.3 is 6.03 Å². The van der Waals surface area contributed by atoms with Gasteiger partial charge < -0.3 is 25.4 Å². The van der Waals surface area contributed by atoms with E-state index in [0.29, 0.717) is 48.0 Å². The number of amides is 3. The molecular weight excluding hydrogens is 465 g/mol. The summed E-state index contributed by atoms with van der Waals surface area (Å²) in [6.07, 6.45) is 2.09. The van der Waals surface area contributed by atoms with Gasteiger partial charge in [0.2, 0.25) is 5.91 Å². The Labute approximate surface area is 196 Å². The zero-order chi connectivity index (χ0) is 24.3. The van der Waals surface area contributed by atoms with Crippen LogP contribution in [-0.4, -0.2) is 29.1 Å². The number of benzene rings is 2. The lowest BCUT2D eigenvalue weighted by Gasteiger charge is -2.19. The SMILES string of the molecule is O=C1CCc2c(Oc3ccc4c(c3)C3C(NC(=O)Nc5c(F)cc(F)cc5F)C3O4)ccnc2N1. The first-order valence-corrected chi connectivity index (χ1v) is 10.9. The number of aromatic nitrogens is 1. The molecule has 1 aliphatic carbocycles. The summed E-state index contributed by atoms with van der Waals surface area (Å²) in [5.41, 5.74) is 0.904. The van der Waals surface area contributed by atoms with Gasteiger partial charge in [0.1, 0.15) is 40.7 Å². The number of urea groups is 1. The van der Waals surface area contributed by atoms with Crippen molar-refractivity contribution in [1.29, 1.82) is 0 Å². The van der Waals surface area contributed by atoms with Crippen molar-refractivity contribution >= 4 is 23.4 Å². The highest BCUT2D eigenvalue weighted by Gasteiger charge is 2.59. The minimum Gasteiger partial charge on any atom is -0.487 e. The number of ether oxygens (including phenoxy) is 2. The molecule has 3 aliphatic rings. The van der Waals surface area contributed by atoms with E-state index in [9.17, 15) is 22.8 Å². The van der Waals surface area contributed by atoms with Crippen LogP contribution in [-0.2, 0) is 11.2 Å². The summed E-state index contributed by atoms with van der Waals surface area (Å²) in [4.78, 5) is 28.1. The maximum absolute atomic E-state index is 13.8. The standard InChI is InChI=1S/C24H17F3N4O4/c25-10-7-14(26)20(15(27)8-10)30-24(33)31-21-19-13-9-11(1-3-16(13)35-22(19)21)34-17-5-6-28-23-12(17)2-4-18(32)29-23/h1,3,5-9,19,21-22H,2,4H2,(H,28,29,32)(H2,30,31,33). The first-order valence-electron chi connectivity index (χ1n) is 10.9. The van der Waals surface area contributed by atoms with Crippen LogP contribution in [0.4, 0.5) is 29.5 Å². The van der Waals surface area contributed by atoms with E-state index in [1.807, 2.05) is 6.07 Å². The van der Waals surface area contributed by atoms with E-state index in [-0.39, 0.29) is 17.9 Å². The minimum atomic E-state index is -1.21. The average molecular weight is 482 g/mol. The minimum absolute atomic E-state index is 0.0934. The van der Waals surface area contributed by atoms with Gasteiger partial charge in [-0.3, -0.25) is 4.79 Å². The van der Waals surface area contributed by atoms with Crippen molar-refractivity contribution in [3.05, 3.63) is 71.2 Å². The van der Waals surface area contributed by atoms with Gasteiger partial charge in [-0.05, 0) is 30.7 Å². The molecule has 6 rings (SSSR count). The van der Waals surface area contributed by atoms with Crippen molar-refractivity contribution < 1.29 is 32.2 Å². The molecule has 0 saturated heterocycles. The van der Waals surface area contributed by atoms with E-state index in [4.69, 9.17) is 9.47 Å². The van der Waals surface area contributed by atoms with Crippen LogP contribution in [0, 0.1) is 17.5 Å². The lowest BCUT2D eigenvalue weighted by molar-refractivity contribution is -0.116. The van der Waals surface area contributed by atoms with Crippen LogP contribution in [0.5, 0.6) is 17.2 Å². The third kappa shape index (κ3) is 3.78. The Hall–Kier alpha value is -4.28. The maximum atomic E-state index is 13.8. The number of anilines is 2. The van der Waals surface area contributed by atoms with Crippen LogP contribution in [0.3, 0.4) is 0 Å². The zero-order valence-electron chi connectivity index (χ0n) is 17.9. The van der Waals surface area contributed by atoms with E-state index >= 15 is 0 Å². The highest BCUT2D eigenvalue weighted by Crippen LogP contribution is 2.54. The predicted molar refractivity (Wildman–Crippen MR) is 117 cm³/mol. The molecule has 0 spiro atoms. The number of rotatable bonds is 4. The first-order chi connectivity index (χ1) is 16.9. The Morgan fingerprint density at radius 1 is 1.11 bits per heavy atom. The van der Waals surface area contributed by atoms with Crippen molar-refractivity contribution in [3.63, 3.8) is 0 Å². The second-order valence-electron chi connectivity index (χ2n) is 8.46. The molecular formula is C24H17F3N4O4. The molecule has 1 aromatic heterocycles. The molecule has 3 heterocycles. The number of nitrogens with one attached hydrogen (secondary N) is 3. The van der Waals surface area contributed by atoms with Crippen molar-refractivity contribution in [1.82, 2.24) is 10.3 Å². The number of hydrogen-bond acceptors (Lipinski definition) is 5. The normalized spacial score (nSPS) is 21.1. The molecule has 0 bridgehead atoms. The lowest BCUT2D eigenvalue weighted by atomic mass is 10.1. The Balaban J connectivity index is 1.15. The summed E-state index contributed by atoms with van der Waals surface area (Å²) in [5.74, 6) is -1.49. The molecule has 2 aliphatic heterocycles. The van der Waals surface area contributed by atoms with Crippen LogP contribution in [0.15, 0.2) is 42.6 Å². The second-order valence-corrected chi connectivity index (χ2v) is 8.46. The van der Waals surface area contributed by atoms with Gasteiger partial charge in [-0.25, -0.2) is 22.9 Å². The van der Waals surface area contributed by atoms with Crippen molar-refractivity contribution in [3.8, 4) is 17.2 Å². The molecule has 11 heteroatoms. The fourth-order valence-electron chi connectivity index (χ4n) is 4.52. The van der Waals surface area contributed by atoms with E-state index in [0.717, 1.165) is 11.1 Å². The van der Waals surface area contributed by atoms with Gasteiger partial charge in [0.15, 0.2) is 11.6 Å². The van der Waals surface area contributed by atoms with E-state index in [2.05, 4.69) is 20.9 Å². The zero-order valence-corrected chi connectivity index (χ0v) is 17.9. The number of fused-ring (bicyclic) bond motifs is 4. The number of pyridine rings is 1. The van der Waals surface area contributed by atoms with Gasteiger partial charge in [0, 0.05) is 35.9 Å². The van der Waals surface area contributed by atoms with Gasteiger partial charge in [0.25, 0.3) is 0 Å². The highest BCUT2D eigenvalue weighted by atomic mass is 19.1. The lowest BCUT2D eigenvalue weighted by Crippen LogP contribution is -2.34. The summed E-state index contributed by atoms with van der Waals surface area (Å²) in [6, 6.07) is 6.79. The smallest absolute Gasteiger partial charge is 0.319 e. The largest absolute Gasteiger partial charge is 0.487 e. The summed E-state index contributed by atoms with van der Waals surface area (Å²) in [5, 5.41) is 7.45. The number of carbonyl (C=O) groups excluding carboxylic acids is 2. The van der Waals surface area contributed by atoms with E-state index in [1.165, 1.54) is 0 Å². The molecule has 1 fully saturated rings. The van der Waals surface area contributed by atoms with Crippen LogP contribution >= 0.6 is 0 Å². The molecule has 35 heavy (non-hydrogen) atoms. The van der Waals surface area contributed by atoms with Crippen LogP contribution in [0.1, 0.15) is 23.5 Å². The van der Waals surface area contributed by atoms with Crippen molar-refractivity contribution in [2.24, 2.45) is 0 Å². The molecule has 1 saturated carbocycles. The van der Waals surface area contributed by atoms with Crippen LogP contribution < -0.4 is 25.4 Å².